The summed E-state index contributed by atoms with van der Waals surface area (Å²) in [5.41, 5.74) is 3.87. The van der Waals surface area contributed by atoms with Crippen LogP contribution in [0.25, 0.3) is 33.6 Å². The van der Waals surface area contributed by atoms with E-state index in [4.69, 9.17) is 14.5 Å². The van der Waals surface area contributed by atoms with Gasteiger partial charge in [-0.05, 0) is 55.9 Å². The molecule has 0 unspecified atom stereocenters. The van der Waals surface area contributed by atoms with Crippen molar-refractivity contribution in [2.45, 2.75) is 64.1 Å². The lowest BCUT2D eigenvalue weighted by atomic mass is 9.96. The summed E-state index contributed by atoms with van der Waals surface area (Å²) in [7, 11) is 3.07. The van der Waals surface area contributed by atoms with Crippen LogP contribution >= 0.6 is 0 Å². The molecule has 0 radical (unpaired) electrons. The average molecular weight is 726 g/mol. The van der Waals surface area contributed by atoms with Gasteiger partial charge in [-0.2, -0.15) is 0 Å². The fourth-order valence-corrected chi connectivity index (χ4v) is 7.77. The molecule has 13 heteroatoms. The third-order valence-corrected chi connectivity index (χ3v) is 10.5. The number of methoxy groups -OCH3 is 2. The zero-order chi connectivity index (χ0) is 37.1. The second kappa shape index (κ2) is 15.9. The lowest BCUT2D eigenvalue weighted by Crippen LogP contribution is -2.38. The van der Waals surface area contributed by atoms with Crippen LogP contribution in [0.3, 0.4) is 0 Å². The summed E-state index contributed by atoms with van der Waals surface area (Å²) >= 11 is 0. The summed E-state index contributed by atoms with van der Waals surface area (Å²) in [6.45, 7) is 5.78. The van der Waals surface area contributed by atoms with Gasteiger partial charge in [-0.3, -0.25) is 19.5 Å². The van der Waals surface area contributed by atoms with Gasteiger partial charge in [0.1, 0.15) is 17.3 Å². The molecule has 2 N–H and O–H groups in total. The molecule has 4 aromatic rings. The molecular weight excluding hydrogens is 680 g/mol. The average Bonchev–Trinajstić information content (AvgIpc) is 3.77. The zero-order valence-corrected chi connectivity index (χ0v) is 30.4. The fraction of sp³-hybridized carbons (Fsp3) is 0.425. The monoisotopic (exact) mass is 725 g/mol. The van der Waals surface area contributed by atoms with Crippen molar-refractivity contribution in [1.29, 1.82) is 0 Å². The highest BCUT2D eigenvalue weighted by Crippen LogP contribution is 2.41. The summed E-state index contributed by atoms with van der Waals surface area (Å²) in [6, 6.07) is 11.7. The predicted molar refractivity (Wildman–Crippen MR) is 196 cm³/mol. The maximum absolute atomic E-state index is 16.5. The van der Waals surface area contributed by atoms with Gasteiger partial charge >= 0.3 is 0 Å². The van der Waals surface area contributed by atoms with Crippen LogP contribution in [0, 0.1) is 11.6 Å². The third kappa shape index (κ3) is 7.72. The predicted octanol–water partition coefficient (Wildman–Crippen LogP) is 5.47. The van der Waals surface area contributed by atoms with Crippen molar-refractivity contribution in [2.24, 2.45) is 0 Å². The van der Waals surface area contributed by atoms with E-state index in [2.05, 4.69) is 25.5 Å². The number of carbonyl (C=O) groups excluding carboxylic acids is 2. The quantitative estimate of drug-likeness (QED) is 0.219. The summed E-state index contributed by atoms with van der Waals surface area (Å²) in [5.74, 6) is -0.331. The van der Waals surface area contributed by atoms with Gasteiger partial charge in [-0.1, -0.05) is 24.3 Å². The molecule has 11 nitrogen and oxygen atoms in total. The van der Waals surface area contributed by atoms with Crippen LogP contribution in [0.4, 0.5) is 8.78 Å². The summed E-state index contributed by atoms with van der Waals surface area (Å²) in [4.78, 5) is 41.6. The number of aromatic nitrogens is 3. The van der Waals surface area contributed by atoms with E-state index in [9.17, 15) is 9.59 Å². The van der Waals surface area contributed by atoms with E-state index in [1.807, 2.05) is 11.0 Å². The number of amides is 2. The number of halogens is 2. The SMILES string of the molecule is COc1nc(-c2cccc(-c3cccc(-c4cc5c(c(OC)n4)[C@@H](NC[C@@H]4CCC(=O)N4)CC5)c3F)c2F)cnc1CN1CCCN(C(C)=O)CCC1. The fourth-order valence-electron chi connectivity index (χ4n) is 7.77. The molecule has 2 aliphatic heterocycles. The first kappa shape index (κ1) is 36.4. The maximum atomic E-state index is 16.5. The standard InChI is InChI=1S/C40H45F2N7O4/c1-24(50)49-18-6-16-48(17-7-19-49)23-34-39(52-2)47-33(22-44-34)30-11-5-9-28(38(30)42)27-8-4-10-29(37(27)41)32-20-25-12-14-31(36(25)40(46-32)53-3)43-21-26-13-15-35(51)45-26/h4-5,8-11,20,22,26,31,43H,6-7,12-19,21,23H2,1-3H3,(H,45,51)/t26-,31-/m0/s1. The number of fused-ring (bicyclic) bond motifs is 1. The Bertz CT molecular complexity index is 2000. The molecule has 0 saturated carbocycles. The van der Waals surface area contributed by atoms with E-state index in [1.54, 1.807) is 50.4 Å². The van der Waals surface area contributed by atoms with Crippen LogP contribution in [0.2, 0.25) is 0 Å². The molecule has 0 spiro atoms. The Morgan fingerprint density at radius 2 is 1.53 bits per heavy atom. The van der Waals surface area contributed by atoms with Crippen molar-refractivity contribution in [1.82, 2.24) is 35.4 Å². The number of aryl methyl sites for hydroxylation is 1. The van der Waals surface area contributed by atoms with Gasteiger partial charge in [0.15, 0.2) is 0 Å². The van der Waals surface area contributed by atoms with Crippen LogP contribution in [0.15, 0.2) is 48.7 Å². The number of benzene rings is 2. The molecule has 2 aromatic carbocycles. The Hall–Kier alpha value is -5.01. The minimum absolute atomic E-state index is 0.00168. The minimum atomic E-state index is -0.627. The highest BCUT2D eigenvalue weighted by atomic mass is 19.1. The van der Waals surface area contributed by atoms with Crippen LogP contribution in [0.1, 0.15) is 61.9 Å². The molecule has 1 aliphatic carbocycles. The Morgan fingerprint density at radius 1 is 0.887 bits per heavy atom. The highest BCUT2D eigenvalue weighted by Gasteiger charge is 2.31. The lowest BCUT2D eigenvalue weighted by molar-refractivity contribution is -0.129. The number of carbonyl (C=O) groups is 2. The molecule has 278 valence electrons. The Labute approximate surface area is 308 Å². The Morgan fingerprint density at radius 3 is 2.15 bits per heavy atom. The van der Waals surface area contributed by atoms with Gasteiger partial charge in [0, 0.05) is 92.5 Å². The summed E-state index contributed by atoms with van der Waals surface area (Å²) < 4.78 is 44.2. The van der Waals surface area contributed by atoms with Crippen LogP contribution < -0.4 is 20.1 Å². The first-order chi connectivity index (χ1) is 25.7. The van der Waals surface area contributed by atoms with Gasteiger partial charge in [-0.25, -0.2) is 18.7 Å². The molecule has 2 saturated heterocycles. The molecule has 3 aliphatic rings. The van der Waals surface area contributed by atoms with Crippen LogP contribution in [0.5, 0.6) is 11.8 Å². The van der Waals surface area contributed by atoms with Crippen molar-refractivity contribution >= 4 is 11.8 Å². The second-order valence-electron chi connectivity index (χ2n) is 13.9. The van der Waals surface area contributed by atoms with Gasteiger partial charge < -0.3 is 25.0 Å². The number of ether oxygens (including phenoxy) is 2. The molecule has 2 aromatic heterocycles. The van der Waals surface area contributed by atoms with E-state index >= 15 is 8.78 Å². The molecular formula is C40H45F2N7O4. The topological polar surface area (TPSA) is 122 Å². The molecule has 7 rings (SSSR count). The van der Waals surface area contributed by atoms with Gasteiger partial charge in [-0.15, -0.1) is 0 Å². The molecule has 53 heavy (non-hydrogen) atoms. The minimum Gasteiger partial charge on any atom is -0.481 e. The third-order valence-electron chi connectivity index (χ3n) is 10.5. The molecule has 0 bridgehead atoms. The normalized spacial score (nSPS) is 19.0. The van der Waals surface area contributed by atoms with E-state index in [-0.39, 0.29) is 51.8 Å². The first-order valence-corrected chi connectivity index (χ1v) is 18.3. The van der Waals surface area contributed by atoms with Crippen LogP contribution in [-0.4, -0.2) is 89.6 Å². The van der Waals surface area contributed by atoms with Crippen molar-refractivity contribution < 1.29 is 27.8 Å². The number of pyridine rings is 1. The summed E-state index contributed by atoms with van der Waals surface area (Å²) in [5, 5.41) is 6.55. The maximum Gasteiger partial charge on any atom is 0.237 e. The number of hydrogen-bond acceptors (Lipinski definition) is 9. The number of rotatable bonds is 10. The summed E-state index contributed by atoms with van der Waals surface area (Å²) in [6.07, 6.45) is 6.15. The number of nitrogens with one attached hydrogen (secondary N) is 2. The highest BCUT2D eigenvalue weighted by molar-refractivity contribution is 5.79. The van der Waals surface area contributed by atoms with Gasteiger partial charge in [0.2, 0.25) is 23.6 Å². The smallest absolute Gasteiger partial charge is 0.237 e. The first-order valence-electron chi connectivity index (χ1n) is 18.3. The largest absolute Gasteiger partial charge is 0.481 e. The lowest BCUT2D eigenvalue weighted by Gasteiger charge is -2.29. The van der Waals surface area contributed by atoms with Gasteiger partial charge in [0.25, 0.3) is 0 Å². The molecule has 2 amide bonds. The molecule has 2 fully saturated rings. The van der Waals surface area contributed by atoms with Crippen molar-refractivity contribution in [3.8, 4) is 45.4 Å². The van der Waals surface area contributed by atoms with E-state index in [1.165, 1.54) is 13.3 Å². The van der Waals surface area contributed by atoms with Crippen LogP contribution in [-0.2, 0) is 22.6 Å². The Balaban J connectivity index is 1.12. The van der Waals surface area contributed by atoms with Crippen molar-refractivity contribution in [3.63, 3.8) is 0 Å². The number of hydrogen-bond donors (Lipinski definition) is 2. The zero-order valence-electron chi connectivity index (χ0n) is 30.4. The molecule has 2 atom stereocenters. The number of nitrogens with zero attached hydrogens (tertiary/aromatic N) is 5. The van der Waals surface area contributed by atoms with Crippen molar-refractivity contribution in [3.05, 3.63) is 77.1 Å². The Kier molecular flexibility index (Phi) is 10.9. The van der Waals surface area contributed by atoms with E-state index < -0.39 is 11.6 Å². The second-order valence-corrected chi connectivity index (χ2v) is 13.9. The van der Waals surface area contributed by atoms with E-state index in [0.29, 0.717) is 55.7 Å². The van der Waals surface area contributed by atoms with Crippen molar-refractivity contribution in [2.75, 3.05) is 46.9 Å². The van der Waals surface area contributed by atoms with Gasteiger partial charge in [0.05, 0.1) is 31.8 Å². The van der Waals surface area contributed by atoms with E-state index in [0.717, 1.165) is 56.3 Å². The molecule has 4 heterocycles.